The molecule has 0 aliphatic carbocycles. The zero-order valence-electron chi connectivity index (χ0n) is 15.5. The molecule has 3 rings (SSSR count). The van der Waals surface area contributed by atoms with Crippen molar-refractivity contribution < 1.29 is 9.90 Å². The van der Waals surface area contributed by atoms with Gasteiger partial charge in [0.25, 0.3) is 5.91 Å². The molecule has 2 aromatic rings. The fourth-order valence-corrected chi connectivity index (χ4v) is 2.89. The van der Waals surface area contributed by atoms with E-state index in [4.69, 9.17) is 0 Å². The molecule has 1 aliphatic rings. The fourth-order valence-electron chi connectivity index (χ4n) is 2.89. The number of aliphatic imine (C=N–C) groups is 1. The van der Waals surface area contributed by atoms with E-state index in [0.29, 0.717) is 30.2 Å². The predicted molar refractivity (Wildman–Crippen MR) is 102 cm³/mol. The molecular weight excluding hydrogens is 342 g/mol. The van der Waals surface area contributed by atoms with Gasteiger partial charge >= 0.3 is 0 Å². The largest absolute Gasteiger partial charge is 0.507 e. The smallest absolute Gasteiger partial charge is 0.262 e. The minimum absolute atomic E-state index is 0.00941. The fraction of sp³-hybridized carbons (Fsp3) is 0.300. The van der Waals surface area contributed by atoms with Crippen LogP contribution in [0.15, 0.2) is 35.6 Å². The van der Waals surface area contributed by atoms with Crippen LogP contribution in [-0.2, 0) is 0 Å². The van der Waals surface area contributed by atoms with Gasteiger partial charge in [0.2, 0.25) is 0 Å². The Balaban J connectivity index is 2.04. The summed E-state index contributed by atoms with van der Waals surface area (Å²) in [7, 11) is 0. The maximum Gasteiger partial charge on any atom is 0.262 e. The number of carbonyl (C=O) groups is 1. The molecule has 0 spiro atoms. The molecule has 3 N–H and O–H groups in total. The number of benzene rings is 1. The van der Waals surface area contributed by atoms with Crippen LogP contribution in [0.5, 0.6) is 5.75 Å². The summed E-state index contributed by atoms with van der Waals surface area (Å²) in [5.74, 6) is -0.388. The van der Waals surface area contributed by atoms with E-state index >= 15 is 0 Å². The molecule has 7 heteroatoms. The number of aromatic hydroxyl groups is 1. The first-order valence-corrected chi connectivity index (χ1v) is 8.58. The Morgan fingerprint density at radius 3 is 2.78 bits per heavy atom. The van der Waals surface area contributed by atoms with Crippen LogP contribution in [0, 0.1) is 23.7 Å². The lowest BCUT2D eigenvalue weighted by atomic mass is 9.92. The van der Waals surface area contributed by atoms with Gasteiger partial charge in [-0.1, -0.05) is 13.8 Å². The molecule has 1 aromatic carbocycles. The van der Waals surface area contributed by atoms with Gasteiger partial charge in [0.15, 0.2) is 5.96 Å². The number of pyridine rings is 1. The zero-order valence-corrected chi connectivity index (χ0v) is 15.5. The highest BCUT2D eigenvalue weighted by Crippen LogP contribution is 2.33. The van der Waals surface area contributed by atoms with E-state index in [1.165, 1.54) is 12.1 Å². The first-order valence-electron chi connectivity index (χ1n) is 8.58. The Morgan fingerprint density at radius 1 is 1.37 bits per heavy atom. The molecule has 7 nitrogen and oxygen atoms in total. The third kappa shape index (κ3) is 3.90. The van der Waals surface area contributed by atoms with E-state index < -0.39 is 5.91 Å². The van der Waals surface area contributed by atoms with Gasteiger partial charge < -0.3 is 10.4 Å². The van der Waals surface area contributed by atoms with Crippen LogP contribution in [-0.4, -0.2) is 35.0 Å². The lowest BCUT2D eigenvalue weighted by Crippen LogP contribution is -2.49. The number of phenolic OH excluding ortho intramolecular Hbond substituents is 1. The first-order chi connectivity index (χ1) is 12.8. The van der Waals surface area contributed by atoms with Gasteiger partial charge in [0, 0.05) is 42.0 Å². The zero-order chi connectivity index (χ0) is 19.6. The number of phenols is 1. The van der Waals surface area contributed by atoms with Crippen LogP contribution in [0.4, 0.5) is 0 Å². The molecule has 0 saturated heterocycles. The quantitative estimate of drug-likeness (QED) is 0.758. The molecule has 1 aliphatic heterocycles. The number of amides is 1. The van der Waals surface area contributed by atoms with E-state index in [1.807, 2.05) is 13.0 Å². The molecule has 1 aromatic heterocycles. The monoisotopic (exact) mass is 363 g/mol. The number of guanidine groups is 1. The maximum absolute atomic E-state index is 12.9. The van der Waals surface area contributed by atoms with E-state index in [0.717, 1.165) is 5.56 Å². The summed E-state index contributed by atoms with van der Waals surface area (Å²) in [4.78, 5) is 21.4. The summed E-state index contributed by atoms with van der Waals surface area (Å²) in [6, 6.07) is 6.74. The molecular formula is C20H21N5O2. The van der Waals surface area contributed by atoms with Crippen LogP contribution in [0.25, 0.3) is 11.1 Å². The number of hydrogen-bond acceptors (Lipinski definition) is 6. The number of hydrogen-bond donors (Lipinski definition) is 3. The Labute approximate surface area is 157 Å². The molecule has 2 heterocycles. The second kappa shape index (κ2) is 7.08. The van der Waals surface area contributed by atoms with Crippen molar-refractivity contribution in [2.24, 2.45) is 10.4 Å². The number of aryl methyl sites for hydroxylation is 1. The van der Waals surface area contributed by atoms with Crippen molar-refractivity contribution in [3.05, 3.63) is 47.3 Å². The second-order valence-electron chi connectivity index (χ2n) is 7.38. The number of carbonyl (C=O) groups excluding carboxylic acids is 1. The van der Waals surface area contributed by atoms with E-state index in [-0.39, 0.29) is 22.3 Å². The van der Waals surface area contributed by atoms with Gasteiger partial charge in [-0.25, -0.2) is 0 Å². The van der Waals surface area contributed by atoms with E-state index in [2.05, 4.69) is 40.5 Å². The highest BCUT2D eigenvalue weighted by Gasteiger charge is 2.26. The summed E-state index contributed by atoms with van der Waals surface area (Å²) in [5, 5.41) is 25.7. The second-order valence-corrected chi connectivity index (χ2v) is 7.38. The Bertz CT molecular complexity index is 973. The lowest BCUT2D eigenvalue weighted by molar-refractivity contribution is 0.0972. The van der Waals surface area contributed by atoms with Gasteiger partial charge in [-0.3, -0.25) is 20.1 Å². The molecule has 138 valence electrons. The van der Waals surface area contributed by atoms with E-state index in [1.54, 1.807) is 12.4 Å². The summed E-state index contributed by atoms with van der Waals surface area (Å²) < 4.78 is 0. The third-order valence-electron chi connectivity index (χ3n) is 4.33. The normalized spacial score (nSPS) is 15.3. The third-order valence-corrected chi connectivity index (χ3v) is 4.33. The number of rotatable bonds is 2. The molecule has 0 atom stereocenters. The molecule has 0 unspecified atom stereocenters. The SMILES string of the molecule is Cc1cncc(-c2c(C#N)ccc(O)c2C(=O)NC2=NCC(C)(C)CN2)c1. The van der Waals surface area contributed by atoms with Crippen molar-refractivity contribution >= 4 is 11.9 Å². The van der Waals surface area contributed by atoms with Crippen LogP contribution in [0.2, 0.25) is 0 Å². The van der Waals surface area contributed by atoms with E-state index in [9.17, 15) is 15.2 Å². The minimum atomic E-state index is -0.535. The highest BCUT2D eigenvalue weighted by molar-refractivity contribution is 6.11. The number of nitrogens with zero attached hydrogens (tertiary/aromatic N) is 3. The van der Waals surface area contributed by atoms with Crippen LogP contribution < -0.4 is 10.6 Å². The first kappa shape index (κ1) is 18.4. The topological polar surface area (TPSA) is 110 Å². The number of aromatic nitrogens is 1. The van der Waals surface area contributed by atoms with Crippen molar-refractivity contribution in [1.29, 1.82) is 5.26 Å². The number of nitrogens with one attached hydrogen (secondary N) is 2. The average Bonchev–Trinajstić information content (AvgIpc) is 2.63. The Morgan fingerprint density at radius 2 is 2.15 bits per heavy atom. The van der Waals surface area contributed by atoms with Crippen molar-refractivity contribution in [1.82, 2.24) is 15.6 Å². The maximum atomic E-state index is 12.9. The molecule has 0 radical (unpaired) electrons. The van der Waals surface area contributed by atoms with Gasteiger partial charge in [0.05, 0.1) is 17.2 Å². The van der Waals surface area contributed by atoms with Crippen molar-refractivity contribution in [2.75, 3.05) is 13.1 Å². The lowest BCUT2D eigenvalue weighted by Gasteiger charge is -2.29. The molecule has 1 amide bonds. The Kier molecular flexibility index (Phi) is 4.82. The number of nitriles is 1. The molecule has 27 heavy (non-hydrogen) atoms. The summed E-state index contributed by atoms with van der Waals surface area (Å²) in [6.07, 6.45) is 3.25. The summed E-state index contributed by atoms with van der Waals surface area (Å²) in [5.41, 5.74) is 2.14. The van der Waals surface area contributed by atoms with Gasteiger partial charge in [-0.2, -0.15) is 5.26 Å². The van der Waals surface area contributed by atoms with Crippen molar-refractivity contribution in [3.63, 3.8) is 0 Å². The van der Waals surface area contributed by atoms with Crippen LogP contribution in [0.1, 0.15) is 35.3 Å². The van der Waals surface area contributed by atoms with Crippen LogP contribution in [0.3, 0.4) is 0 Å². The average molecular weight is 363 g/mol. The molecule has 0 fully saturated rings. The van der Waals surface area contributed by atoms with Crippen molar-refractivity contribution in [3.8, 4) is 22.9 Å². The minimum Gasteiger partial charge on any atom is -0.507 e. The van der Waals surface area contributed by atoms with Crippen LogP contribution >= 0.6 is 0 Å². The van der Waals surface area contributed by atoms with Gasteiger partial charge in [-0.05, 0) is 30.7 Å². The standard InChI is InChI=1S/C20H21N5O2/c1-12-6-14(9-22-8-12)16-13(7-21)4-5-15(26)17(16)18(27)25-19-23-10-20(2,3)11-24-19/h4-6,8-9,26H,10-11H2,1-3H3,(H2,23,24,25,27). The molecule has 0 bridgehead atoms. The molecule has 0 saturated carbocycles. The Hall–Kier alpha value is -3.40. The highest BCUT2D eigenvalue weighted by atomic mass is 16.3. The summed E-state index contributed by atoms with van der Waals surface area (Å²) >= 11 is 0. The van der Waals surface area contributed by atoms with Gasteiger partial charge in [0.1, 0.15) is 5.75 Å². The van der Waals surface area contributed by atoms with Crippen molar-refractivity contribution in [2.45, 2.75) is 20.8 Å². The summed E-state index contributed by atoms with van der Waals surface area (Å²) in [6.45, 7) is 7.27. The van der Waals surface area contributed by atoms with Gasteiger partial charge in [-0.15, -0.1) is 0 Å². The predicted octanol–water partition coefficient (Wildman–Crippen LogP) is 2.35.